The second-order valence-corrected chi connectivity index (χ2v) is 5.36. The topological polar surface area (TPSA) is 73.6 Å². The second kappa shape index (κ2) is 5.93. The molecule has 1 amide bonds. The van der Waals surface area contributed by atoms with Crippen molar-refractivity contribution < 1.29 is 18.8 Å². The van der Waals surface area contributed by atoms with Crippen molar-refractivity contribution in [2.24, 2.45) is 0 Å². The van der Waals surface area contributed by atoms with Crippen LogP contribution in [0, 0.1) is 0 Å². The Balaban J connectivity index is 1.71. The number of ether oxygens (including phenoxy) is 2. The number of methoxy groups -OCH3 is 1. The van der Waals surface area contributed by atoms with Gasteiger partial charge >= 0.3 is 0 Å². The molecule has 2 atom stereocenters. The standard InChI is InChI=1S/C14H20N2O4/c1-18-12-6-7-19-8-11(12)15-14(17)13-9-4-2-3-5-10(9)16-20-13/h11-12H,2-8H2,1H3,(H,15,17)/t11-,12-/m1/s1. The predicted molar refractivity (Wildman–Crippen MR) is 70.6 cm³/mol. The lowest BCUT2D eigenvalue weighted by atomic mass is 9.96. The highest BCUT2D eigenvalue weighted by atomic mass is 16.5. The molecule has 0 bridgehead atoms. The quantitative estimate of drug-likeness (QED) is 0.897. The van der Waals surface area contributed by atoms with E-state index in [2.05, 4.69) is 10.5 Å². The number of rotatable bonds is 3. The average molecular weight is 280 g/mol. The lowest BCUT2D eigenvalue weighted by Gasteiger charge is -2.30. The zero-order valence-corrected chi connectivity index (χ0v) is 11.7. The maximum absolute atomic E-state index is 12.4. The number of hydrogen-bond acceptors (Lipinski definition) is 5. The van der Waals surface area contributed by atoms with Gasteiger partial charge in [0.1, 0.15) is 0 Å². The third-order valence-electron chi connectivity index (χ3n) is 4.08. The van der Waals surface area contributed by atoms with Crippen LogP contribution < -0.4 is 5.32 Å². The Labute approximate surface area is 117 Å². The molecule has 6 heteroatoms. The maximum Gasteiger partial charge on any atom is 0.290 e. The van der Waals surface area contributed by atoms with E-state index in [-0.39, 0.29) is 18.1 Å². The fraction of sp³-hybridized carbons (Fsp3) is 0.714. The summed E-state index contributed by atoms with van der Waals surface area (Å²) in [6, 6.07) is -0.134. The van der Waals surface area contributed by atoms with Crippen molar-refractivity contribution in [2.45, 2.75) is 44.2 Å². The van der Waals surface area contributed by atoms with Crippen LogP contribution in [0.2, 0.25) is 0 Å². The van der Waals surface area contributed by atoms with Crippen LogP contribution in [-0.2, 0) is 22.3 Å². The van der Waals surface area contributed by atoms with E-state index in [1.54, 1.807) is 7.11 Å². The number of nitrogens with one attached hydrogen (secondary N) is 1. The highest BCUT2D eigenvalue weighted by molar-refractivity contribution is 5.93. The van der Waals surface area contributed by atoms with Crippen LogP contribution in [0.3, 0.4) is 0 Å². The van der Waals surface area contributed by atoms with Crippen LogP contribution in [0.1, 0.15) is 41.1 Å². The summed E-state index contributed by atoms with van der Waals surface area (Å²) >= 11 is 0. The summed E-state index contributed by atoms with van der Waals surface area (Å²) in [6.45, 7) is 1.14. The number of amides is 1. The fourth-order valence-electron chi connectivity index (χ4n) is 2.94. The molecular formula is C14H20N2O4. The van der Waals surface area contributed by atoms with Gasteiger partial charge in [-0.25, -0.2) is 0 Å². The summed E-state index contributed by atoms with van der Waals surface area (Å²) in [5.74, 6) is 0.151. The third kappa shape index (κ3) is 2.58. The largest absolute Gasteiger partial charge is 0.379 e. The van der Waals surface area contributed by atoms with Crippen molar-refractivity contribution in [3.05, 3.63) is 17.0 Å². The van der Waals surface area contributed by atoms with Crippen molar-refractivity contribution in [3.8, 4) is 0 Å². The highest BCUT2D eigenvalue weighted by Crippen LogP contribution is 2.24. The van der Waals surface area contributed by atoms with E-state index in [1.165, 1.54) is 0 Å². The normalized spacial score (nSPS) is 26.1. The zero-order chi connectivity index (χ0) is 13.9. The molecule has 1 saturated heterocycles. The Bertz CT molecular complexity index is 486. The fourth-order valence-corrected chi connectivity index (χ4v) is 2.94. The number of carbonyl (C=O) groups excluding carboxylic acids is 1. The second-order valence-electron chi connectivity index (χ2n) is 5.36. The molecule has 0 radical (unpaired) electrons. The molecule has 110 valence electrons. The molecule has 20 heavy (non-hydrogen) atoms. The minimum Gasteiger partial charge on any atom is -0.379 e. The molecule has 0 spiro atoms. The van der Waals surface area contributed by atoms with E-state index in [9.17, 15) is 4.79 Å². The number of aromatic nitrogens is 1. The van der Waals surface area contributed by atoms with Gasteiger partial charge in [0.25, 0.3) is 5.91 Å². The van der Waals surface area contributed by atoms with Gasteiger partial charge in [-0.15, -0.1) is 0 Å². The smallest absolute Gasteiger partial charge is 0.290 e. The van der Waals surface area contributed by atoms with Gasteiger partial charge < -0.3 is 19.3 Å². The lowest BCUT2D eigenvalue weighted by molar-refractivity contribution is -0.0351. The molecule has 0 saturated carbocycles. The number of carbonyl (C=O) groups is 1. The summed E-state index contributed by atoms with van der Waals surface area (Å²) in [5, 5.41) is 6.96. The van der Waals surface area contributed by atoms with Crippen LogP contribution >= 0.6 is 0 Å². The molecule has 1 fully saturated rings. The first-order chi connectivity index (χ1) is 9.79. The molecule has 3 rings (SSSR count). The Morgan fingerprint density at radius 2 is 2.25 bits per heavy atom. The van der Waals surface area contributed by atoms with Crippen LogP contribution in [-0.4, -0.2) is 43.5 Å². The molecule has 1 aliphatic heterocycles. The van der Waals surface area contributed by atoms with Gasteiger partial charge in [-0.1, -0.05) is 5.16 Å². The number of aryl methyl sites for hydroxylation is 1. The van der Waals surface area contributed by atoms with Crippen molar-refractivity contribution in [3.63, 3.8) is 0 Å². The molecule has 1 aromatic heterocycles. The average Bonchev–Trinajstić information content (AvgIpc) is 2.92. The van der Waals surface area contributed by atoms with E-state index >= 15 is 0 Å². The first kappa shape index (κ1) is 13.6. The first-order valence-electron chi connectivity index (χ1n) is 7.18. The maximum atomic E-state index is 12.4. The zero-order valence-electron chi connectivity index (χ0n) is 11.7. The third-order valence-corrected chi connectivity index (χ3v) is 4.08. The molecule has 0 unspecified atom stereocenters. The Kier molecular flexibility index (Phi) is 4.03. The molecule has 2 heterocycles. The summed E-state index contributed by atoms with van der Waals surface area (Å²) in [6.07, 6.45) is 4.75. The van der Waals surface area contributed by atoms with E-state index in [0.717, 1.165) is 43.4 Å². The Morgan fingerprint density at radius 1 is 1.40 bits per heavy atom. The SMILES string of the molecule is CO[C@@H]1CCOC[C@H]1NC(=O)c1onc2c1CCCC2. The molecule has 0 aromatic carbocycles. The molecular weight excluding hydrogens is 260 g/mol. The first-order valence-corrected chi connectivity index (χ1v) is 7.18. The van der Waals surface area contributed by atoms with Crippen LogP contribution in [0.4, 0.5) is 0 Å². The summed E-state index contributed by atoms with van der Waals surface area (Å²) in [5.41, 5.74) is 1.91. The van der Waals surface area contributed by atoms with Crippen molar-refractivity contribution in [1.82, 2.24) is 10.5 Å². The van der Waals surface area contributed by atoms with Gasteiger partial charge in [-0.2, -0.15) is 0 Å². The molecule has 1 aromatic rings. The van der Waals surface area contributed by atoms with Gasteiger partial charge in [0, 0.05) is 19.3 Å². The van der Waals surface area contributed by atoms with Crippen molar-refractivity contribution >= 4 is 5.91 Å². The van der Waals surface area contributed by atoms with Crippen LogP contribution in [0.15, 0.2) is 4.52 Å². The van der Waals surface area contributed by atoms with Gasteiger partial charge in [-0.3, -0.25) is 4.79 Å². The van der Waals surface area contributed by atoms with E-state index < -0.39 is 0 Å². The van der Waals surface area contributed by atoms with Crippen LogP contribution in [0.5, 0.6) is 0 Å². The Morgan fingerprint density at radius 3 is 3.10 bits per heavy atom. The van der Waals surface area contributed by atoms with Gasteiger partial charge in [0.15, 0.2) is 0 Å². The molecule has 6 nitrogen and oxygen atoms in total. The van der Waals surface area contributed by atoms with E-state index in [0.29, 0.717) is 19.0 Å². The lowest BCUT2D eigenvalue weighted by Crippen LogP contribution is -2.50. The van der Waals surface area contributed by atoms with Gasteiger partial charge in [0.05, 0.1) is 24.4 Å². The minimum absolute atomic E-state index is 0.00792. The van der Waals surface area contributed by atoms with Gasteiger partial charge in [-0.05, 0) is 32.1 Å². The minimum atomic E-state index is -0.210. The molecule has 1 N–H and O–H groups in total. The summed E-state index contributed by atoms with van der Waals surface area (Å²) < 4.78 is 16.0. The number of nitrogens with zero attached hydrogens (tertiary/aromatic N) is 1. The van der Waals surface area contributed by atoms with Gasteiger partial charge in [0.2, 0.25) is 5.76 Å². The highest BCUT2D eigenvalue weighted by Gasteiger charge is 2.30. The monoisotopic (exact) mass is 280 g/mol. The van der Waals surface area contributed by atoms with E-state index in [1.807, 2.05) is 0 Å². The van der Waals surface area contributed by atoms with Crippen molar-refractivity contribution in [1.29, 1.82) is 0 Å². The summed E-state index contributed by atoms with van der Waals surface area (Å²) in [7, 11) is 1.66. The Hall–Kier alpha value is -1.40. The van der Waals surface area contributed by atoms with Crippen LogP contribution in [0.25, 0.3) is 0 Å². The van der Waals surface area contributed by atoms with E-state index in [4.69, 9.17) is 14.0 Å². The molecule has 1 aliphatic carbocycles. The van der Waals surface area contributed by atoms with Crippen molar-refractivity contribution in [2.75, 3.05) is 20.3 Å². The number of fused-ring (bicyclic) bond motifs is 1. The number of hydrogen-bond donors (Lipinski definition) is 1. The molecule has 2 aliphatic rings. The predicted octanol–water partition coefficient (Wildman–Crippen LogP) is 1.09. The summed E-state index contributed by atoms with van der Waals surface area (Å²) in [4.78, 5) is 12.4.